The van der Waals surface area contributed by atoms with Crippen molar-refractivity contribution in [1.82, 2.24) is 19.7 Å². The summed E-state index contributed by atoms with van der Waals surface area (Å²) >= 11 is 2.69. The van der Waals surface area contributed by atoms with Crippen molar-refractivity contribution >= 4 is 34.1 Å². The molecule has 0 fully saturated rings. The molecular weight excluding hydrogens is 518 g/mol. The fraction of sp³-hybridized carbons (Fsp3) is 0.143. The van der Waals surface area contributed by atoms with E-state index in [4.69, 9.17) is 9.47 Å². The van der Waals surface area contributed by atoms with Crippen molar-refractivity contribution in [2.75, 3.05) is 18.2 Å². The van der Waals surface area contributed by atoms with Crippen molar-refractivity contribution < 1.29 is 14.3 Å². The van der Waals surface area contributed by atoms with E-state index in [-0.39, 0.29) is 11.7 Å². The SMILES string of the molecule is COc1ccccc1OC(C)c1nnc(SCC(=O)Nc2nc(-c3ccccc3)cs2)n1-c1ccccc1. The predicted octanol–water partition coefficient (Wildman–Crippen LogP) is 6.27. The average molecular weight is 544 g/mol. The first-order valence-corrected chi connectivity index (χ1v) is 13.7. The molecule has 3 aromatic carbocycles. The van der Waals surface area contributed by atoms with Gasteiger partial charge in [0.25, 0.3) is 0 Å². The number of ether oxygens (including phenoxy) is 2. The molecule has 0 bridgehead atoms. The minimum Gasteiger partial charge on any atom is -0.493 e. The second kappa shape index (κ2) is 11.9. The number of thioether (sulfide) groups is 1. The Morgan fingerprint density at radius 1 is 0.974 bits per heavy atom. The number of hydrogen-bond acceptors (Lipinski definition) is 8. The van der Waals surface area contributed by atoms with Gasteiger partial charge in [0.15, 0.2) is 33.7 Å². The van der Waals surface area contributed by atoms with Gasteiger partial charge in [-0.1, -0.05) is 72.4 Å². The maximum atomic E-state index is 12.8. The van der Waals surface area contributed by atoms with E-state index in [0.717, 1.165) is 16.9 Å². The predicted molar refractivity (Wildman–Crippen MR) is 150 cm³/mol. The molecule has 0 radical (unpaired) electrons. The lowest BCUT2D eigenvalue weighted by atomic mass is 10.2. The number of benzene rings is 3. The van der Waals surface area contributed by atoms with Gasteiger partial charge in [0.2, 0.25) is 5.91 Å². The topological polar surface area (TPSA) is 91.2 Å². The Bertz CT molecular complexity index is 1510. The number of methoxy groups -OCH3 is 1. The fourth-order valence-corrected chi connectivity index (χ4v) is 5.27. The number of carbonyl (C=O) groups is 1. The summed E-state index contributed by atoms with van der Waals surface area (Å²) < 4.78 is 13.5. The third-order valence-electron chi connectivity index (χ3n) is 5.56. The number of nitrogens with zero attached hydrogens (tertiary/aromatic N) is 4. The van der Waals surface area contributed by atoms with E-state index in [9.17, 15) is 4.79 Å². The zero-order valence-electron chi connectivity index (χ0n) is 20.8. The number of carbonyl (C=O) groups excluding carboxylic acids is 1. The number of nitrogens with one attached hydrogen (secondary N) is 1. The molecule has 0 aliphatic heterocycles. The number of amides is 1. The molecule has 5 rings (SSSR count). The molecule has 0 aliphatic carbocycles. The molecule has 0 saturated heterocycles. The highest BCUT2D eigenvalue weighted by molar-refractivity contribution is 7.99. The summed E-state index contributed by atoms with van der Waals surface area (Å²) in [5, 5.41) is 14.8. The molecule has 1 N–H and O–H groups in total. The van der Waals surface area contributed by atoms with Gasteiger partial charge in [-0.25, -0.2) is 4.98 Å². The number of hydrogen-bond donors (Lipinski definition) is 1. The quantitative estimate of drug-likeness (QED) is 0.208. The van der Waals surface area contributed by atoms with Crippen LogP contribution < -0.4 is 14.8 Å². The van der Waals surface area contributed by atoms with Crippen LogP contribution in [0, 0.1) is 0 Å². The van der Waals surface area contributed by atoms with Crippen LogP contribution in [-0.4, -0.2) is 38.5 Å². The first-order valence-electron chi connectivity index (χ1n) is 11.9. The Kier molecular flexibility index (Phi) is 8.01. The van der Waals surface area contributed by atoms with Gasteiger partial charge in [-0.3, -0.25) is 9.36 Å². The highest BCUT2D eigenvalue weighted by Crippen LogP contribution is 2.32. The van der Waals surface area contributed by atoms with Crippen molar-refractivity contribution in [2.45, 2.75) is 18.2 Å². The molecule has 1 amide bonds. The number of anilines is 1. The van der Waals surface area contributed by atoms with Crippen LogP contribution in [0.4, 0.5) is 5.13 Å². The second-order valence-electron chi connectivity index (χ2n) is 8.16. The second-order valence-corrected chi connectivity index (χ2v) is 9.96. The number of aromatic nitrogens is 4. The largest absolute Gasteiger partial charge is 0.493 e. The third kappa shape index (κ3) is 5.87. The smallest absolute Gasteiger partial charge is 0.236 e. The molecule has 0 spiro atoms. The van der Waals surface area contributed by atoms with Gasteiger partial charge in [-0.2, -0.15) is 0 Å². The summed E-state index contributed by atoms with van der Waals surface area (Å²) in [4.78, 5) is 17.3. The average Bonchev–Trinajstić information content (AvgIpc) is 3.60. The van der Waals surface area contributed by atoms with Crippen LogP contribution in [0.5, 0.6) is 11.5 Å². The molecular formula is C28H25N5O3S2. The van der Waals surface area contributed by atoms with Gasteiger partial charge in [0.05, 0.1) is 18.6 Å². The Morgan fingerprint density at radius 2 is 1.66 bits per heavy atom. The van der Waals surface area contributed by atoms with Crippen molar-refractivity contribution in [3.05, 3.63) is 96.1 Å². The van der Waals surface area contributed by atoms with Gasteiger partial charge in [0, 0.05) is 16.6 Å². The minimum absolute atomic E-state index is 0.146. The van der Waals surface area contributed by atoms with Gasteiger partial charge < -0.3 is 14.8 Å². The molecule has 2 aromatic heterocycles. The first-order chi connectivity index (χ1) is 18.6. The van der Waals surface area contributed by atoms with Crippen LogP contribution in [0.3, 0.4) is 0 Å². The zero-order valence-corrected chi connectivity index (χ0v) is 22.4. The number of para-hydroxylation sites is 3. The van der Waals surface area contributed by atoms with Crippen molar-refractivity contribution in [3.63, 3.8) is 0 Å². The van der Waals surface area contributed by atoms with E-state index in [1.807, 2.05) is 102 Å². The molecule has 1 atom stereocenters. The summed E-state index contributed by atoms with van der Waals surface area (Å²) in [6, 6.07) is 27.1. The summed E-state index contributed by atoms with van der Waals surface area (Å²) in [5.74, 6) is 1.82. The molecule has 5 aromatic rings. The van der Waals surface area contributed by atoms with Crippen molar-refractivity contribution in [1.29, 1.82) is 0 Å². The molecule has 2 heterocycles. The van der Waals surface area contributed by atoms with Crippen LogP contribution >= 0.6 is 23.1 Å². The van der Waals surface area contributed by atoms with Crippen LogP contribution in [0.1, 0.15) is 18.9 Å². The normalized spacial score (nSPS) is 11.6. The lowest BCUT2D eigenvalue weighted by Crippen LogP contribution is -2.15. The standard InChI is InChI=1S/C28H25N5O3S2/c1-19(36-24-16-10-9-15-23(24)35-2)26-31-32-28(33(26)21-13-7-4-8-14-21)38-18-25(34)30-27-29-22(17-37-27)20-11-5-3-6-12-20/h3-17,19H,18H2,1-2H3,(H,29,30,34). The van der Waals surface area contributed by atoms with Crippen molar-refractivity contribution in [3.8, 4) is 28.4 Å². The van der Waals surface area contributed by atoms with E-state index in [1.165, 1.54) is 23.1 Å². The van der Waals surface area contributed by atoms with E-state index in [2.05, 4.69) is 20.5 Å². The van der Waals surface area contributed by atoms with Crippen LogP contribution in [0.2, 0.25) is 0 Å². The van der Waals surface area contributed by atoms with Gasteiger partial charge in [-0.15, -0.1) is 21.5 Å². The summed E-state index contributed by atoms with van der Waals surface area (Å²) in [5.41, 5.74) is 2.71. The van der Waals surface area contributed by atoms with Crippen LogP contribution in [-0.2, 0) is 4.79 Å². The summed E-state index contributed by atoms with van der Waals surface area (Å²) in [6.45, 7) is 1.91. The zero-order chi connectivity index (χ0) is 26.3. The third-order valence-corrected chi connectivity index (χ3v) is 7.25. The fourth-order valence-electron chi connectivity index (χ4n) is 3.78. The first kappa shape index (κ1) is 25.5. The molecule has 1 unspecified atom stereocenters. The lowest BCUT2D eigenvalue weighted by Gasteiger charge is -2.18. The summed E-state index contributed by atoms with van der Waals surface area (Å²) in [6.07, 6.45) is -0.436. The van der Waals surface area contributed by atoms with Crippen LogP contribution in [0.25, 0.3) is 16.9 Å². The molecule has 10 heteroatoms. The van der Waals surface area contributed by atoms with E-state index in [0.29, 0.717) is 27.6 Å². The number of thiazole rings is 1. The number of rotatable bonds is 10. The highest BCUT2D eigenvalue weighted by Gasteiger charge is 2.22. The van der Waals surface area contributed by atoms with E-state index >= 15 is 0 Å². The Morgan fingerprint density at radius 3 is 2.39 bits per heavy atom. The Hall–Kier alpha value is -4.15. The maximum Gasteiger partial charge on any atom is 0.236 e. The van der Waals surface area contributed by atoms with E-state index < -0.39 is 6.10 Å². The molecule has 38 heavy (non-hydrogen) atoms. The van der Waals surface area contributed by atoms with Crippen LogP contribution in [0.15, 0.2) is 95.5 Å². The van der Waals surface area contributed by atoms with Gasteiger partial charge >= 0.3 is 0 Å². The Labute approximate surface area is 228 Å². The molecule has 0 aliphatic rings. The van der Waals surface area contributed by atoms with Gasteiger partial charge in [-0.05, 0) is 31.2 Å². The molecule has 192 valence electrons. The lowest BCUT2D eigenvalue weighted by molar-refractivity contribution is -0.113. The monoisotopic (exact) mass is 543 g/mol. The van der Waals surface area contributed by atoms with Crippen molar-refractivity contribution in [2.24, 2.45) is 0 Å². The highest BCUT2D eigenvalue weighted by atomic mass is 32.2. The minimum atomic E-state index is -0.436. The Balaban J connectivity index is 1.31. The molecule has 0 saturated carbocycles. The molecule has 8 nitrogen and oxygen atoms in total. The van der Waals surface area contributed by atoms with Gasteiger partial charge in [0.1, 0.15) is 0 Å². The van der Waals surface area contributed by atoms with E-state index in [1.54, 1.807) is 7.11 Å². The summed E-state index contributed by atoms with van der Waals surface area (Å²) in [7, 11) is 1.60. The maximum absolute atomic E-state index is 12.8.